The van der Waals surface area contributed by atoms with E-state index >= 15 is 0 Å². The number of aryl methyl sites for hydroxylation is 3. The highest BCUT2D eigenvalue weighted by Crippen LogP contribution is 2.42. The highest BCUT2D eigenvalue weighted by molar-refractivity contribution is 5.96. The number of aromatic nitrogens is 3. The lowest BCUT2D eigenvalue weighted by Gasteiger charge is -2.26. The van der Waals surface area contributed by atoms with E-state index in [0.29, 0.717) is 11.4 Å². The van der Waals surface area contributed by atoms with Crippen molar-refractivity contribution in [2.45, 2.75) is 13.8 Å². The molecule has 50 heavy (non-hydrogen) atoms. The molecule has 1 N–H and O–H groups in total. The summed E-state index contributed by atoms with van der Waals surface area (Å²) < 4.78 is 2.07. The van der Waals surface area contributed by atoms with Gasteiger partial charge in [-0.25, -0.2) is 4.98 Å². The van der Waals surface area contributed by atoms with Gasteiger partial charge in [-0.15, -0.1) is 0 Å². The van der Waals surface area contributed by atoms with Crippen molar-refractivity contribution in [3.05, 3.63) is 169 Å². The second-order valence-corrected chi connectivity index (χ2v) is 12.7. The topological polar surface area (TPSA) is 54.2 Å². The Hall–Kier alpha value is -6.46. The average molecular weight is 649 g/mol. The number of fused-ring (bicyclic) bond motifs is 1. The lowest BCUT2D eigenvalue weighted by Crippen LogP contribution is -2.10. The summed E-state index contributed by atoms with van der Waals surface area (Å²) in [5, 5.41) is 11.5. The van der Waals surface area contributed by atoms with Crippen LogP contribution in [0.25, 0.3) is 55.9 Å². The zero-order valence-electron chi connectivity index (χ0n) is 28.2. The Morgan fingerprint density at radius 1 is 0.540 bits per heavy atom. The average Bonchev–Trinajstić information content (AvgIpc) is 3.50. The molecule has 0 aliphatic carbocycles. The molecule has 242 valence electrons. The van der Waals surface area contributed by atoms with Gasteiger partial charge in [-0.3, -0.25) is 4.98 Å². The molecule has 0 saturated carbocycles. The highest BCUT2D eigenvalue weighted by Gasteiger charge is 2.21. The van der Waals surface area contributed by atoms with Crippen LogP contribution in [0.15, 0.2) is 158 Å². The third-order valence-corrected chi connectivity index (χ3v) is 9.38. The van der Waals surface area contributed by atoms with E-state index in [1.54, 1.807) is 0 Å². The van der Waals surface area contributed by atoms with E-state index in [1.165, 1.54) is 11.1 Å². The van der Waals surface area contributed by atoms with Gasteiger partial charge < -0.3 is 14.6 Å². The molecule has 0 atom stereocenters. The van der Waals surface area contributed by atoms with Crippen molar-refractivity contribution < 1.29 is 5.11 Å². The van der Waals surface area contributed by atoms with Crippen molar-refractivity contribution in [1.29, 1.82) is 0 Å². The Balaban J connectivity index is 1.24. The molecule has 0 fully saturated rings. The minimum absolute atomic E-state index is 0.219. The molecule has 8 rings (SSSR count). The van der Waals surface area contributed by atoms with E-state index in [-0.39, 0.29) is 5.75 Å². The standard InChI is InChI=1S/C45H36N4O/c1-30-25-37(49(35-19-9-5-10-20-35)36-21-11-6-12-22-36)27-40(44(30)50)45-47-43-38(23-14-24-42(43)48(45)3)33-17-13-18-34(26-33)41-28-39(31(2)29-46-41)32-15-7-4-8-16-32/h4-29,50H,1-3H3. The molecule has 0 radical (unpaired) electrons. The summed E-state index contributed by atoms with van der Waals surface area (Å²) in [5.74, 6) is 0.913. The Kier molecular flexibility index (Phi) is 7.94. The Labute approximate surface area is 292 Å². The second kappa shape index (κ2) is 12.9. The number of aromatic hydroxyl groups is 1. The van der Waals surface area contributed by atoms with E-state index in [1.807, 2.05) is 74.8 Å². The molecule has 2 heterocycles. The normalized spacial score (nSPS) is 11.2. The maximum absolute atomic E-state index is 11.5. The van der Waals surface area contributed by atoms with Crippen LogP contribution >= 0.6 is 0 Å². The molecule has 0 aliphatic heterocycles. The van der Waals surface area contributed by atoms with Gasteiger partial charge in [-0.2, -0.15) is 0 Å². The van der Waals surface area contributed by atoms with Crippen molar-refractivity contribution in [1.82, 2.24) is 14.5 Å². The van der Waals surface area contributed by atoms with Gasteiger partial charge in [-0.1, -0.05) is 97.1 Å². The first-order chi connectivity index (χ1) is 24.5. The van der Waals surface area contributed by atoms with Crippen LogP contribution in [0, 0.1) is 13.8 Å². The van der Waals surface area contributed by atoms with Crippen molar-refractivity contribution in [3.63, 3.8) is 0 Å². The van der Waals surface area contributed by atoms with Crippen molar-refractivity contribution in [2.75, 3.05) is 4.90 Å². The summed E-state index contributed by atoms with van der Waals surface area (Å²) >= 11 is 0. The van der Waals surface area contributed by atoms with Gasteiger partial charge in [0.1, 0.15) is 11.6 Å². The molecule has 6 aromatic carbocycles. The third kappa shape index (κ3) is 5.59. The number of hydrogen-bond acceptors (Lipinski definition) is 4. The summed E-state index contributed by atoms with van der Waals surface area (Å²) in [6.07, 6.45) is 1.95. The number of rotatable bonds is 7. The largest absolute Gasteiger partial charge is 0.507 e. The van der Waals surface area contributed by atoms with Gasteiger partial charge in [-0.05, 0) is 96.3 Å². The summed E-state index contributed by atoms with van der Waals surface area (Å²) in [6.45, 7) is 4.04. The first-order valence-corrected chi connectivity index (χ1v) is 16.8. The first kappa shape index (κ1) is 30.8. The maximum Gasteiger partial charge on any atom is 0.144 e. The van der Waals surface area contributed by atoms with E-state index in [0.717, 1.165) is 61.6 Å². The lowest BCUT2D eigenvalue weighted by molar-refractivity contribution is 0.472. The van der Waals surface area contributed by atoms with E-state index in [4.69, 9.17) is 9.97 Å². The number of anilines is 3. The number of nitrogens with zero attached hydrogens (tertiary/aromatic N) is 4. The molecule has 0 aliphatic rings. The van der Waals surface area contributed by atoms with Crippen LogP contribution in [0.3, 0.4) is 0 Å². The summed E-state index contributed by atoms with van der Waals surface area (Å²) in [7, 11) is 2.01. The van der Waals surface area contributed by atoms with Crippen LogP contribution in [0.5, 0.6) is 5.75 Å². The fourth-order valence-electron chi connectivity index (χ4n) is 6.81. The summed E-state index contributed by atoms with van der Waals surface area (Å²) in [4.78, 5) is 12.3. The van der Waals surface area contributed by atoms with Gasteiger partial charge >= 0.3 is 0 Å². The molecule has 0 amide bonds. The number of imidazole rings is 1. The zero-order valence-corrected chi connectivity index (χ0v) is 28.2. The molecule has 2 aromatic heterocycles. The predicted molar refractivity (Wildman–Crippen MR) is 206 cm³/mol. The number of pyridine rings is 1. The van der Waals surface area contributed by atoms with E-state index < -0.39 is 0 Å². The molecule has 5 heteroatoms. The fraction of sp³-hybridized carbons (Fsp3) is 0.0667. The van der Waals surface area contributed by atoms with Crippen LogP contribution in [0.1, 0.15) is 11.1 Å². The number of hydrogen-bond donors (Lipinski definition) is 1. The maximum atomic E-state index is 11.5. The fourth-order valence-corrected chi connectivity index (χ4v) is 6.81. The Morgan fingerprint density at radius 2 is 1.16 bits per heavy atom. The molecule has 0 saturated heterocycles. The highest BCUT2D eigenvalue weighted by atomic mass is 16.3. The van der Waals surface area contributed by atoms with Gasteiger partial charge in [0, 0.05) is 41.4 Å². The summed E-state index contributed by atoms with van der Waals surface area (Å²) in [5.41, 5.74) is 13.8. The molecule has 0 bridgehead atoms. The molecule has 8 aromatic rings. The van der Waals surface area contributed by atoms with Gasteiger partial charge in [0.15, 0.2) is 0 Å². The van der Waals surface area contributed by atoms with Crippen molar-refractivity contribution >= 4 is 28.1 Å². The van der Waals surface area contributed by atoms with Gasteiger partial charge in [0.25, 0.3) is 0 Å². The zero-order chi connectivity index (χ0) is 34.2. The van der Waals surface area contributed by atoms with Crippen molar-refractivity contribution in [3.8, 4) is 50.6 Å². The van der Waals surface area contributed by atoms with Crippen LogP contribution in [0.2, 0.25) is 0 Å². The molecular formula is C45H36N4O. The monoisotopic (exact) mass is 648 g/mol. The minimum atomic E-state index is 0.219. The smallest absolute Gasteiger partial charge is 0.144 e. The third-order valence-electron chi connectivity index (χ3n) is 9.38. The van der Waals surface area contributed by atoms with E-state index in [9.17, 15) is 5.11 Å². The lowest BCUT2D eigenvalue weighted by atomic mass is 9.97. The van der Waals surface area contributed by atoms with Crippen LogP contribution in [-0.4, -0.2) is 19.6 Å². The predicted octanol–water partition coefficient (Wildman–Crippen LogP) is 11.4. The Bertz CT molecular complexity index is 2430. The summed E-state index contributed by atoms with van der Waals surface area (Å²) in [6, 6.07) is 52.0. The van der Waals surface area contributed by atoms with Crippen LogP contribution < -0.4 is 4.90 Å². The molecular weight excluding hydrogens is 613 g/mol. The van der Waals surface area contributed by atoms with Gasteiger partial charge in [0.05, 0.1) is 22.3 Å². The minimum Gasteiger partial charge on any atom is -0.507 e. The number of phenolic OH excluding ortho intramolecular Hbond substituents is 1. The van der Waals surface area contributed by atoms with Gasteiger partial charge in [0.2, 0.25) is 0 Å². The second-order valence-electron chi connectivity index (χ2n) is 12.7. The quantitative estimate of drug-likeness (QED) is 0.187. The molecule has 0 unspecified atom stereocenters. The SMILES string of the molecule is Cc1cnc(-c2cccc(-c3cccc4c3nc(-c3cc(N(c5ccccc5)c5ccccc5)cc(C)c3O)n4C)c2)cc1-c1ccccc1. The van der Waals surface area contributed by atoms with Crippen LogP contribution in [-0.2, 0) is 7.05 Å². The number of para-hydroxylation sites is 3. The van der Waals surface area contributed by atoms with Crippen LogP contribution in [0.4, 0.5) is 17.1 Å². The Morgan fingerprint density at radius 3 is 1.86 bits per heavy atom. The first-order valence-electron chi connectivity index (χ1n) is 16.8. The van der Waals surface area contributed by atoms with E-state index in [2.05, 4.69) is 113 Å². The number of benzene rings is 6. The molecule has 5 nitrogen and oxygen atoms in total. The number of phenols is 1. The molecule has 0 spiro atoms. The van der Waals surface area contributed by atoms with Crippen molar-refractivity contribution in [2.24, 2.45) is 7.05 Å².